The minimum atomic E-state index is -0.494. The van der Waals surface area contributed by atoms with E-state index in [1.165, 1.54) is 12.1 Å². The lowest BCUT2D eigenvalue weighted by Gasteiger charge is -2.12. The summed E-state index contributed by atoms with van der Waals surface area (Å²) in [6.07, 6.45) is 1.67. The van der Waals surface area contributed by atoms with Gasteiger partial charge in [-0.3, -0.25) is 24.6 Å². The van der Waals surface area contributed by atoms with Gasteiger partial charge >= 0.3 is 0 Å². The number of nitrogens with zero attached hydrogens (tertiary/aromatic N) is 2. The van der Waals surface area contributed by atoms with Crippen molar-refractivity contribution in [3.05, 3.63) is 123 Å². The molecule has 0 atom stereocenters. The van der Waals surface area contributed by atoms with Crippen molar-refractivity contribution in [2.45, 2.75) is 13.2 Å². The maximum atomic E-state index is 12.9. The van der Waals surface area contributed by atoms with Gasteiger partial charge in [-0.1, -0.05) is 66.7 Å². The van der Waals surface area contributed by atoms with Gasteiger partial charge in [0, 0.05) is 12.1 Å². The average molecular weight is 497 g/mol. The zero-order chi connectivity index (χ0) is 25.1. The van der Waals surface area contributed by atoms with E-state index in [1.54, 1.807) is 18.2 Å². The normalized spacial score (nSPS) is 14.6. The van der Waals surface area contributed by atoms with E-state index in [0.29, 0.717) is 22.8 Å². The number of thioether (sulfide) groups is 1. The number of fused-ring (bicyclic) bond motifs is 1. The van der Waals surface area contributed by atoms with Crippen molar-refractivity contribution in [1.82, 2.24) is 4.90 Å². The number of hydrogen-bond donors (Lipinski definition) is 0. The van der Waals surface area contributed by atoms with Crippen LogP contribution in [0.5, 0.6) is 5.75 Å². The fourth-order valence-corrected chi connectivity index (χ4v) is 4.81. The van der Waals surface area contributed by atoms with Crippen molar-refractivity contribution in [3.63, 3.8) is 0 Å². The van der Waals surface area contributed by atoms with Crippen LogP contribution in [0.25, 0.3) is 16.8 Å². The van der Waals surface area contributed by atoms with Crippen molar-refractivity contribution < 1.29 is 19.2 Å². The molecule has 178 valence electrons. The minimum Gasteiger partial charge on any atom is -0.489 e. The molecule has 4 aromatic carbocycles. The van der Waals surface area contributed by atoms with E-state index < -0.39 is 10.8 Å². The number of nitro benzene ring substituents is 1. The Bertz CT molecular complexity index is 1510. The summed E-state index contributed by atoms with van der Waals surface area (Å²) in [5.74, 6) is 0.257. The average Bonchev–Trinajstić information content (AvgIpc) is 3.15. The lowest BCUT2D eigenvalue weighted by molar-refractivity contribution is -0.384. The predicted molar refractivity (Wildman–Crippen MR) is 139 cm³/mol. The molecule has 1 heterocycles. The number of carbonyl (C=O) groups is 2. The highest BCUT2D eigenvalue weighted by molar-refractivity contribution is 8.18. The van der Waals surface area contributed by atoms with Gasteiger partial charge < -0.3 is 4.74 Å². The number of hydrogen-bond acceptors (Lipinski definition) is 6. The molecule has 7 nitrogen and oxygen atoms in total. The highest BCUT2D eigenvalue weighted by Gasteiger charge is 2.35. The molecule has 0 spiro atoms. The van der Waals surface area contributed by atoms with Crippen molar-refractivity contribution in [3.8, 4) is 5.75 Å². The van der Waals surface area contributed by atoms with Crippen LogP contribution in [0.1, 0.15) is 16.7 Å². The molecule has 0 N–H and O–H groups in total. The molecule has 0 bridgehead atoms. The minimum absolute atomic E-state index is 0.0460. The first-order chi connectivity index (χ1) is 17.5. The maximum Gasteiger partial charge on any atom is 0.293 e. The Morgan fingerprint density at radius 1 is 0.917 bits per heavy atom. The van der Waals surface area contributed by atoms with Gasteiger partial charge in [0.2, 0.25) is 0 Å². The van der Waals surface area contributed by atoms with Gasteiger partial charge in [-0.2, -0.15) is 0 Å². The van der Waals surface area contributed by atoms with Crippen LogP contribution in [-0.4, -0.2) is 21.0 Å². The van der Waals surface area contributed by atoms with Gasteiger partial charge in [-0.25, -0.2) is 0 Å². The summed E-state index contributed by atoms with van der Waals surface area (Å²) in [5, 5.41) is 12.7. The molecular weight excluding hydrogens is 476 g/mol. The highest BCUT2D eigenvalue weighted by atomic mass is 32.2. The monoisotopic (exact) mass is 496 g/mol. The Morgan fingerprint density at radius 2 is 1.67 bits per heavy atom. The van der Waals surface area contributed by atoms with Crippen LogP contribution in [0.4, 0.5) is 10.5 Å². The van der Waals surface area contributed by atoms with Gasteiger partial charge in [-0.05, 0) is 57.4 Å². The largest absolute Gasteiger partial charge is 0.489 e. The molecule has 0 unspecified atom stereocenters. The van der Waals surface area contributed by atoms with Crippen LogP contribution >= 0.6 is 11.8 Å². The van der Waals surface area contributed by atoms with Crippen molar-refractivity contribution in [1.29, 1.82) is 0 Å². The fraction of sp³-hybridized carbons (Fsp3) is 0.0714. The molecule has 1 fully saturated rings. The van der Waals surface area contributed by atoms with E-state index >= 15 is 0 Å². The van der Waals surface area contributed by atoms with Crippen LogP contribution in [0.15, 0.2) is 95.9 Å². The number of amides is 2. The number of non-ortho nitro benzene ring substituents is 1. The third-order valence-electron chi connectivity index (χ3n) is 5.79. The lowest BCUT2D eigenvalue weighted by Crippen LogP contribution is -2.27. The number of carbonyl (C=O) groups excluding carboxylic acids is 2. The molecule has 1 aliphatic rings. The molecule has 0 saturated carbocycles. The van der Waals surface area contributed by atoms with Gasteiger partial charge in [0.15, 0.2) is 0 Å². The Labute approximate surface area is 211 Å². The van der Waals surface area contributed by atoms with Crippen LogP contribution in [0.3, 0.4) is 0 Å². The molecule has 8 heteroatoms. The first-order valence-corrected chi connectivity index (χ1v) is 12.0. The van der Waals surface area contributed by atoms with E-state index in [-0.39, 0.29) is 17.5 Å². The molecular formula is C28H20N2O5S. The summed E-state index contributed by atoms with van der Waals surface area (Å²) in [7, 11) is 0. The molecule has 2 amide bonds. The summed E-state index contributed by atoms with van der Waals surface area (Å²) in [5.41, 5.74) is 2.40. The second kappa shape index (κ2) is 10.1. The first kappa shape index (κ1) is 23.3. The number of rotatable bonds is 7. The Morgan fingerprint density at radius 3 is 2.47 bits per heavy atom. The maximum absolute atomic E-state index is 12.9. The van der Waals surface area contributed by atoms with Gasteiger partial charge in [0.25, 0.3) is 16.8 Å². The van der Waals surface area contributed by atoms with E-state index in [2.05, 4.69) is 18.2 Å². The lowest BCUT2D eigenvalue weighted by atomic mass is 10.1. The Hall–Kier alpha value is -4.43. The summed E-state index contributed by atoms with van der Waals surface area (Å²) < 4.78 is 6.03. The number of nitro groups is 1. The van der Waals surface area contributed by atoms with Gasteiger partial charge in [0.05, 0.1) is 16.4 Å². The van der Waals surface area contributed by atoms with Crippen molar-refractivity contribution >= 4 is 45.4 Å². The van der Waals surface area contributed by atoms with E-state index in [0.717, 1.165) is 38.6 Å². The fourth-order valence-electron chi connectivity index (χ4n) is 3.97. The van der Waals surface area contributed by atoms with Crippen LogP contribution in [0.2, 0.25) is 0 Å². The van der Waals surface area contributed by atoms with E-state index in [4.69, 9.17) is 4.74 Å². The smallest absolute Gasteiger partial charge is 0.293 e. The zero-order valence-electron chi connectivity index (χ0n) is 19.0. The molecule has 1 aliphatic heterocycles. The molecule has 4 aromatic rings. The first-order valence-electron chi connectivity index (χ1n) is 11.2. The Balaban J connectivity index is 1.28. The molecule has 0 radical (unpaired) electrons. The SMILES string of the molecule is O=C1S/C(=C/c2cccc(OCc3cccc4ccccc34)c2)C(=O)N1Cc1ccc([N+](=O)[O-])cc1. The summed E-state index contributed by atoms with van der Waals surface area (Å²) >= 11 is 0.871. The summed E-state index contributed by atoms with van der Waals surface area (Å²) in [6, 6.07) is 27.4. The third-order valence-corrected chi connectivity index (χ3v) is 6.70. The van der Waals surface area contributed by atoms with Gasteiger partial charge in [-0.15, -0.1) is 0 Å². The van der Waals surface area contributed by atoms with Crippen molar-refractivity contribution in [2.24, 2.45) is 0 Å². The number of imide groups is 1. The molecule has 0 aromatic heterocycles. The number of benzene rings is 4. The molecule has 1 saturated heterocycles. The second-order valence-electron chi connectivity index (χ2n) is 8.19. The summed E-state index contributed by atoms with van der Waals surface area (Å²) in [6.45, 7) is 0.449. The standard InChI is InChI=1S/C28H20N2O5S/c31-27-26(36-28(32)29(27)17-19-11-13-23(14-12-19)30(33)34)16-20-5-3-9-24(15-20)35-18-22-8-4-7-21-6-1-2-10-25(21)22/h1-16H,17-18H2/b26-16+. The molecule has 5 rings (SSSR count). The zero-order valence-corrected chi connectivity index (χ0v) is 19.8. The quantitative estimate of drug-likeness (QED) is 0.163. The van der Waals surface area contributed by atoms with E-state index in [1.807, 2.05) is 48.5 Å². The van der Waals surface area contributed by atoms with Crippen molar-refractivity contribution in [2.75, 3.05) is 0 Å². The topological polar surface area (TPSA) is 89.8 Å². The highest BCUT2D eigenvalue weighted by Crippen LogP contribution is 2.34. The third kappa shape index (κ3) is 4.99. The van der Waals surface area contributed by atoms with Gasteiger partial charge in [0.1, 0.15) is 12.4 Å². The predicted octanol–water partition coefficient (Wildman–Crippen LogP) is 6.56. The Kier molecular flexibility index (Phi) is 6.51. The second-order valence-corrected chi connectivity index (χ2v) is 9.18. The van der Waals surface area contributed by atoms with Crippen LogP contribution in [-0.2, 0) is 17.9 Å². The molecule has 0 aliphatic carbocycles. The van der Waals surface area contributed by atoms with Crippen LogP contribution in [0, 0.1) is 10.1 Å². The summed E-state index contributed by atoms with van der Waals surface area (Å²) in [4.78, 5) is 37.2. The van der Waals surface area contributed by atoms with E-state index in [9.17, 15) is 19.7 Å². The number of ether oxygens (including phenoxy) is 1. The van der Waals surface area contributed by atoms with Crippen LogP contribution < -0.4 is 4.74 Å². The molecule has 36 heavy (non-hydrogen) atoms.